The first-order valence-corrected chi connectivity index (χ1v) is 5.23. The molecule has 1 aliphatic rings. The maximum Gasteiger partial charge on any atom is 0.280 e. The van der Waals surface area contributed by atoms with Crippen LogP contribution in [0.1, 0.15) is 21.5 Å². The predicted octanol–water partition coefficient (Wildman–Crippen LogP) is 1.71. The first-order chi connectivity index (χ1) is 8.09. The number of aromatic hydroxyl groups is 1. The van der Waals surface area contributed by atoms with Crippen molar-refractivity contribution in [2.75, 3.05) is 0 Å². The minimum absolute atomic E-state index is 0.171. The van der Waals surface area contributed by atoms with E-state index in [0.29, 0.717) is 16.7 Å². The first-order valence-electron chi connectivity index (χ1n) is 5.23. The van der Waals surface area contributed by atoms with Crippen LogP contribution in [0.5, 0.6) is 5.75 Å². The van der Waals surface area contributed by atoms with E-state index < -0.39 is 0 Å². The van der Waals surface area contributed by atoms with E-state index in [0.717, 1.165) is 10.8 Å². The molecule has 0 aromatic heterocycles. The van der Waals surface area contributed by atoms with Gasteiger partial charge in [0.25, 0.3) is 5.91 Å². The molecule has 0 fully saturated rings. The lowest BCUT2D eigenvalue weighted by molar-refractivity contribution is 0.101. The molecule has 84 valence electrons. The topological polar surface area (TPSA) is 75.7 Å². The summed E-state index contributed by atoms with van der Waals surface area (Å²) in [6, 6.07) is 7.06. The van der Waals surface area contributed by atoms with Crippen molar-refractivity contribution in [1.29, 1.82) is 0 Å². The predicted molar refractivity (Wildman–Crippen MR) is 65.4 cm³/mol. The molecule has 0 radical (unpaired) electrons. The number of amides is 1. The van der Waals surface area contributed by atoms with Crippen molar-refractivity contribution in [3.8, 4) is 5.75 Å². The fourth-order valence-electron chi connectivity index (χ4n) is 2.24. The highest BCUT2D eigenvalue weighted by atomic mass is 16.3. The summed E-state index contributed by atoms with van der Waals surface area (Å²) in [4.78, 5) is 15.6. The van der Waals surface area contributed by atoms with Crippen LogP contribution in [0.3, 0.4) is 0 Å². The van der Waals surface area contributed by atoms with E-state index >= 15 is 0 Å². The zero-order valence-electron chi connectivity index (χ0n) is 9.19. The summed E-state index contributed by atoms with van der Waals surface area (Å²) in [5, 5.41) is 11.4. The van der Waals surface area contributed by atoms with Crippen LogP contribution in [-0.4, -0.2) is 16.8 Å². The summed E-state index contributed by atoms with van der Waals surface area (Å²) in [6.07, 6.45) is 0. The Labute approximate surface area is 97.4 Å². The number of fused-ring (bicyclic) bond motifs is 3. The molecule has 0 unspecified atom stereocenters. The fourth-order valence-corrected chi connectivity index (χ4v) is 2.24. The van der Waals surface area contributed by atoms with Crippen LogP contribution < -0.4 is 5.73 Å². The molecule has 2 aromatic carbocycles. The standard InChI is InChI=1S/C13H10N2O2/c1-6-9(16)5-3-7-2-4-8-11(10(6)7)13(17)15-12(8)14/h2-5,16H,1H3,(H2,14,15,17). The number of phenolic OH excluding ortho intramolecular Hbond substituents is 1. The minimum Gasteiger partial charge on any atom is -0.508 e. The Morgan fingerprint density at radius 2 is 1.94 bits per heavy atom. The molecule has 2 aromatic rings. The van der Waals surface area contributed by atoms with Crippen molar-refractivity contribution in [2.24, 2.45) is 10.7 Å². The third kappa shape index (κ3) is 1.18. The monoisotopic (exact) mass is 226 g/mol. The molecule has 0 saturated heterocycles. The smallest absolute Gasteiger partial charge is 0.280 e. The lowest BCUT2D eigenvalue weighted by Gasteiger charge is -2.08. The summed E-state index contributed by atoms with van der Waals surface area (Å²) in [5.41, 5.74) is 7.50. The maximum atomic E-state index is 11.8. The van der Waals surface area contributed by atoms with E-state index in [4.69, 9.17) is 5.73 Å². The number of carbonyl (C=O) groups is 1. The Kier molecular flexibility index (Phi) is 1.78. The Morgan fingerprint density at radius 3 is 2.71 bits per heavy atom. The van der Waals surface area contributed by atoms with Gasteiger partial charge < -0.3 is 10.8 Å². The van der Waals surface area contributed by atoms with Crippen molar-refractivity contribution in [3.63, 3.8) is 0 Å². The van der Waals surface area contributed by atoms with E-state index in [9.17, 15) is 9.90 Å². The van der Waals surface area contributed by atoms with Gasteiger partial charge in [-0.3, -0.25) is 4.79 Å². The number of amidine groups is 1. The van der Waals surface area contributed by atoms with Crippen LogP contribution in [0.4, 0.5) is 0 Å². The molecule has 1 heterocycles. The fraction of sp³-hybridized carbons (Fsp3) is 0.0769. The average Bonchev–Trinajstić information content (AvgIpc) is 2.60. The summed E-state index contributed by atoms with van der Waals surface area (Å²) < 4.78 is 0. The summed E-state index contributed by atoms with van der Waals surface area (Å²) in [7, 11) is 0. The Hall–Kier alpha value is -2.36. The molecule has 0 saturated carbocycles. The molecule has 3 N–H and O–H groups in total. The molecule has 1 aliphatic heterocycles. The van der Waals surface area contributed by atoms with Crippen LogP contribution in [0.25, 0.3) is 10.8 Å². The van der Waals surface area contributed by atoms with E-state index in [1.807, 2.05) is 6.07 Å². The maximum absolute atomic E-state index is 11.8. The average molecular weight is 226 g/mol. The second-order valence-electron chi connectivity index (χ2n) is 4.10. The number of nitrogens with two attached hydrogens (primary N) is 1. The Balaban J connectivity index is 2.52. The quantitative estimate of drug-likeness (QED) is 0.718. The zero-order valence-corrected chi connectivity index (χ0v) is 9.19. The molecule has 17 heavy (non-hydrogen) atoms. The molecule has 0 spiro atoms. The third-order valence-corrected chi connectivity index (χ3v) is 3.13. The van der Waals surface area contributed by atoms with Crippen molar-refractivity contribution in [2.45, 2.75) is 6.92 Å². The summed E-state index contributed by atoms with van der Waals surface area (Å²) in [6.45, 7) is 1.78. The van der Waals surface area contributed by atoms with Crippen molar-refractivity contribution < 1.29 is 9.90 Å². The first kappa shape index (κ1) is 9.84. The molecule has 0 atom stereocenters. The van der Waals surface area contributed by atoms with Gasteiger partial charge in [-0.2, -0.15) is 4.99 Å². The van der Waals surface area contributed by atoms with Crippen LogP contribution in [0.15, 0.2) is 29.3 Å². The lowest BCUT2D eigenvalue weighted by Crippen LogP contribution is -2.10. The third-order valence-electron chi connectivity index (χ3n) is 3.13. The minimum atomic E-state index is -0.336. The van der Waals surface area contributed by atoms with Gasteiger partial charge in [0, 0.05) is 10.9 Å². The van der Waals surface area contributed by atoms with Crippen molar-refractivity contribution in [3.05, 3.63) is 41.0 Å². The van der Waals surface area contributed by atoms with Gasteiger partial charge in [-0.05, 0) is 30.0 Å². The second-order valence-corrected chi connectivity index (χ2v) is 4.10. The molecule has 4 nitrogen and oxygen atoms in total. The largest absolute Gasteiger partial charge is 0.508 e. The van der Waals surface area contributed by atoms with Gasteiger partial charge in [0.15, 0.2) is 0 Å². The van der Waals surface area contributed by atoms with Crippen molar-refractivity contribution >= 4 is 22.5 Å². The highest BCUT2D eigenvalue weighted by Gasteiger charge is 2.25. The number of nitrogens with zero attached hydrogens (tertiary/aromatic N) is 1. The Bertz CT molecular complexity index is 702. The lowest BCUT2D eigenvalue weighted by atomic mass is 9.95. The van der Waals surface area contributed by atoms with Gasteiger partial charge in [0.1, 0.15) is 11.6 Å². The molecule has 0 bridgehead atoms. The van der Waals surface area contributed by atoms with Gasteiger partial charge in [-0.25, -0.2) is 0 Å². The number of hydrogen-bond donors (Lipinski definition) is 2. The highest BCUT2D eigenvalue weighted by molar-refractivity contribution is 6.25. The van der Waals surface area contributed by atoms with E-state index in [-0.39, 0.29) is 17.5 Å². The van der Waals surface area contributed by atoms with Crippen molar-refractivity contribution in [1.82, 2.24) is 0 Å². The van der Waals surface area contributed by atoms with Crippen LogP contribution >= 0.6 is 0 Å². The number of rotatable bonds is 0. The van der Waals surface area contributed by atoms with E-state index in [2.05, 4.69) is 4.99 Å². The Morgan fingerprint density at radius 1 is 1.24 bits per heavy atom. The van der Waals surface area contributed by atoms with E-state index in [1.54, 1.807) is 25.1 Å². The van der Waals surface area contributed by atoms with Crippen LogP contribution in [-0.2, 0) is 0 Å². The molecule has 0 aliphatic carbocycles. The van der Waals surface area contributed by atoms with Gasteiger partial charge in [-0.1, -0.05) is 12.1 Å². The van der Waals surface area contributed by atoms with Gasteiger partial charge in [0.2, 0.25) is 0 Å². The van der Waals surface area contributed by atoms with Crippen LogP contribution in [0, 0.1) is 6.92 Å². The zero-order chi connectivity index (χ0) is 12.2. The molecular weight excluding hydrogens is 216 g/mol. The van der Waals surface area contributed by atoms with Gasteiger partial charge in [0.05, 0.1) is 5.56 Å². The number of carbonyl (C=O) groups excluding carboxylic acids is 1. The normalized spacial score (nSPS) is 13.9. The van der Waals surface area contributed by atoms with Gasteiger partial charge in [-0.15, -0.1) is 0 Å². The highest BCUT2D eigenvalue weighted by Crippen LogP contribution is 2.33. The number of phenols is 1. The second kappa shape index (κ2) is 3.07. The molecule has 1 amide bonds. The number of aryl methyl sites for hydroxylation is 1. The molecular formula is C13H10N2O2. The number of hydrogen-bond acceptors (Lipinski definition) is 3. The summed E-state index contributed by atoms with van der Waals surface area (Å²) >= 11 is 0. The van der Waals surface area contributed by atoms with Gasteiger partial charge >= 0.3 is 0 Å². The molecule has 3 rings (SSSR count). The van der Waals surface area contributed by atoms with Crippen LogP contribution in [0.2, 0.25) is 0 Å². The van der Waals surface area contributed by atoms with E-state index in [1.165, 1.54) is 0 Å². The number of benzene rings is 2. The number of aliphatic imine (C=N–C) groups is 1. The SMILES string of the molecule is Cc1c(O)ccc2ccc3c(c12)C(=O)N=C3N. The summed E-state index contributed by atoms with van der Waals surface area (Å²) in [5.74, 6) is 0.0793. The molecule has 4 heteroatoms.